The molecule has 0 aromatic heterocycles. The van der Waals surface area contributed by atoms with Gasteiger partial charge >= 0.3 is 0 Å². The molecule has 0 rings (SSSR count). The Morgan fingerprint density at radius 1 is 1.46 bits per heavy atom. The Balaban J connectivity index is 3.52. The average molecular weight is 187 g/mol. The maximum atomic E-state index is 10.7. The molecule has 0 aliphatic heterocycles. The molecule has 0 aromatic carbocycles. The summed E-state index contributed by atoms with van der Waals surface area (Å²) in [6.45, 7) is 4.60. The van der Waals surface area contributed by atoms with Gasteiger partial charge < -0.3 is 10.4 Å². The number of hydrogen-bond acceptors (Lipinski definition) is 2. The van der Waals surface area contributed by atoms with Crippen molar-refractivity contribution >= 4 is 5.91 Å². The average Bonchev–Trinajstić information content (AvgIpc) is 2.17. The first-order chi connectivity index (χ1) is 6.24. The fourth-order valence-corrected chi connectivity index (χ4v) is 1.26. The second-order valence-electron chi connectivity index (χ2n) is 3.38. The Hall–Kier alpha value is -0.570. The largest absolute Gasteiger partial charge is 0.387 e. The van der Waals surface area contributed by atoms with Gasteiger partial charge in [0.2, 0.25) is 5.91 Å². The van der Waals surface area contributed by atoms with E-state index < -0.39 is 6.61 Å². The van der Waals surface area contributed by atoms with Gasteiger partial charge in [0, 0.05) is 6.54 Å². The molecule has 1 atom stereocenters. The quantitative estimate of drug-likeness (QED) is 0.631. The van der Waals surface area contributed by atoms with Gasteiger partial charge in [0.25, 0.3) is 0 Å². The van der Waals surface area contributed by atoms with Crippen molar-refractivity contribution < 1.29 is 9.90 Å². The highest BCUT2D eigenvalue weighted by atomic mass is 16.3. The van der Waals surface area contributed by atoms with Gasteiger partial charge in [-0.25, -0.2) is 0 Å². The van der Waals surface area contributed by atoms with Gasteiger partial charge in [-0.1, -0.05) is 33.1 Å². The van der Waals surface area contributed by atoms with Gasteiger partial charge in [0.15, 0.2) is 0 Å². The number of nitrogens with one attached hydrogen (secondary N) is 1. The van der Waals surface area contributed by atoms with E-state index in [2.05, 4.69) is 19.2 Å². The monoisotopic (exact) mass is 187 g/mol. The third-order valence-corrected chi connectivity index (χ3v) is 2.27. The van der Waals surface area contributed by atoms with Gasteiger partial charge in [-0.3, -0.25) is 4.79 Å². The van der Waals surface area contributed by atoms with E-state index in [4.69, 9.17) is 5.11 Å². The predicted molar refractivity (Wildman–Crippen MR) is 53.4 cm³/mol. The van der Waals surface area contributed by atoms with Gasteiger partial charge in [0.1, 0.15) is 6.61 Å². The maximum Gasteiger partial charge on any atom is 0.245 e. The molecule has 0 saturated carbocycles. The van der Waals surface area contributed by atoms with Crippen LogP contribution in [0.4, 0.5) is 0 Å². The minimum absolute atomic E-state index is 0.269. The Bertz CT molecular complexity index is 137. The number of rotatable bonds is 7. The minimum atomic E-state index is -0.399. The zero-order valence-electron chi connectivity index (χ0n) is 8.68. The zero-order chi connectivity index (χ0) is 10.1. The number of aliphatic hydroxyl groups excluding tert-OH is 1. The summed E-state index contributed by atoms with van der Waals surface area (Å²) in [6.07, 6.45) is 4.67. The third kappa shape index (κ3) is 6.58. The summed E-state index contributed by atoms with van der Waals surface area (Å²) < 4.78 is 0. The fourth-order valence-electron chi connectivity index (χ4n) is 1.26. The van der Waals surface area contributed by atoms with Crippen molar-refractivity contribution in [1.82, 2.24) is 5.32 Å². The molecule has 0 aliphatic carbocycles. The molecule has 0 fully saturated rings. The van der Waals surface area contributed by atoms with Crippen LogP contribution in [0.15, 0.2) is 0 Å². The first-order valence-corrected chi connectivity index (χ1v) is 5.12. The molecule has 2 N–H and O–H groups in total. The molecule has 0 aliphatic rings. The maximum absolute atomic E-state index is 10.7. The molecule has 0 saturated heterocycles. The van der Waals surface area contributed by atoms with Gasteiger partial charge in [-0.2, -0.15) is 0 Å². The molecule has 13 heavy (non-hydrogen) atoms. The molecule has 3 heteroatoms. The molecular formula is C10H21NO2. The number of carbonyl (C=O) groups excluding carboxylic acids is 1. The molecule has 1 unspecified atom stereocenters. The summed E-state index contributed by atoms with van der Waals surface area (Å²) in [4.78, 5) is 10.7. The molecule has 3 nitrogen and oxygen atoms in total. The summed E-state index contributed by atoms with van der Waals surface area (Å²) in [5.74, 6) is 0.297. The zero-order valence-corrected chi connectivity index (χ0v) is 8.68. The summed E-state index contributed by atoms with van der Waals surface area (Å²) in [7, 11) is 0. The molecule has 0 heterocycles. The van der Waals surface area contributed by atoms with Crippen LogP contribution in [-0.2, 0) is 4.79 Å². The van der Waals surface area contributed by atoms with Crippen molar-refractivity contribution in [3.8, 4) is 0 Å². The number of unbranched alkanes of at least 4 members (excludes halogenated alkanes) is 1. The van der Waals surface area contributed by atoms with Crippen LogP contribution >= 0.6 is 0 Å². The van der Waals surface area contributed by atoms with Crippen LogP contribution in [0.25, 0.3) is 0 Å². The van der Waals surface area contributed by atoms with Crippen LogP contribution in [0.1, 0.15) is 39.5 Å². The van der Waals surface area contributed by atoms with E-state index in [0.29, 0.717) is 12.5 Å². The summed E-state index contributed by atoms with van der Waals surface area (Å²) in [5, 5.41) is 11.2. The van der Waals surface area contributed by atoms with E-state index in [9.17, 15) is 4.79 Å². The number of amides is 1. The van der Waals surface area contributed by atoms with Crippen molar-refractivity contribution in [2.24, 2.45) is 5.92 Å². The van der Waals surface area contributed by atoms with E-state index in [0.717, 1.165) is 6.42 Å². The first-order valence-electron chi connectivity index (χ1n) is 5.12. The van der Waals surface area contributed by atoms with Crippen molar-refractivity contribution in [2.45, 2.75) is 39.5 Å². The SMILES string of the molecule is CCCCC(CC)CNC(=O)CO. The molecule has 0 spiro atoms. The second-order valence-corrected chi connectivity index (χ2v) is 3.38. The number of carbonyl (C=O) groups is 1. The predicted octanol–water partition coefficient (Wildman–Crippen LogP) is 1.31. The normalized spacial score (nSPS) is 12.5. The van der Waals surface area contributed by atoms with Crippen LogP contribution < -0.4 is 5.32 Å². The van der Waals surface area contributed by atoms with E-state index >= 15 is 0 Å². The van der Waals surface area contributed by atoms with Gasteiger partial charge in [-0.15, -0.1) is 0 Å². The molecule has 0 bridgehead atoms. The summed E-state index contributed by atoms with van der Waals surface area (Å²) in [5.41, 5.74) is 0. The molecule has 1 amide bonds. The standard InChI is InChI=1S/C10H21NO2/c1-3-5-6-9(4-2)7-11-10(13)8-12/h9,12H,3-8H2,1-2H3,(H,11,13). The van der Waals surface area contributed by atoms with Gasteiger partial charge in [-0.05, 0) is 12.3 Å². The minimum Gasteiger partial charge on any atom is -0.387 e. The van der Waals surface area contributed by atoms with E-state index in [-0.39, 0.29) is 5.91 Å². The van der Waals surface area contributed by atoms with Crippen LogP contribution in [0.2, 0.25) is 0 Å². The van der Waals surface area contributed by atoms with Crippen molar-refractivity contribution in [3.05, 3.63) is 0 Å². The summed E-state index contributed by atoms with van der Waals surface area (Å²) in [6, 6.07) is 0. The van der Waals surface area contributed by atoms with Crippen molar-refractivity contribution in [1.29, 1.82) is 0 Å². The Morgan fingerprint density at radius 3 is 2.62 bits per heavy atom. The third-order valence-electron chi connectivity index (χ3n) is 2.27. The second kappa shape index (κ2) is 8.05. The lowest BCUT2D eigenvalue weighted by molar-refractivity contribution is -0.124. The Kier molecular flexibility index (Phi) is 7.69. The van der Waals surface area contributed by atoms with Crippen molar-refractivity contribution in [2.75, 3.05) is 13.2 Å². The fraction of sp³-hybridized carbons (Fsp3) is 0.900. The number of hydrogen-bond donors (Lipinski definition) is 2. The lowest BCUT2D eigenvalue weighted by Gasteiger charge is -2.14. The van der Waals surface area contributed by atoms with E-state index in [1.54, 1.807) is 0 Å². The highest BCUT2D eigenvalue weighted by molar-refractivity contribution is 5.76. The van der Waals surface area contributed by atoms with Crippen LogP contribution in [-0.4, -0.2) is 24.2 Å². The topological polar surface area (TPSA) is 49.3 Å². The summed E-state index contributed by atoms with van der Waals surface area (Å²) >= 11 is 0. The van der Waals surface area contributed by atoms with Gasteiger partial charge in [0.05, 0.1) is 0 Å². The first kappa shape index (κ1) is 12.4. The van der Waals surface area contributed by atoms with E-state index in [1.807, 2.05) is 0 Å². The molecule has 78 valence electrons. The Morgan fingerprint density at radius 2 is 2.15 bits per heavy atom. The number of aliphatic hydroxyl groups is 1. The van der Waals surface area contributed by atoms with E-state index in [1.165, 1.54) is 19.3 Å². The highest BCUT2D eigenvalue weighted by Gasteiger charge is 2.06. The Labute approximate surface area is 80.5 Å². The van der Waals surface area contributed by atoms with Crippen molar-refractivity contribution in [3.63, 3.8) is 0 Å². The van der Waals surface area contributed by atoms with Crippen LogP contribution in [0, 0.1) is 5.92 Å². The van der Waals surface area contributed by atoms with Crippen LogP contribution in [0.5, 0.6) is 0 Å². The lowest BCUT2D eigenvalue weighted by atomic mass is 9.99. The lowest BCUT2D eigenvalue weighted by Crippen LogP contribution is -2.31. The van der Waals surface area contributed by atoms with Crippen LogP contribution in [0.3, 0.4) is 0 Å². The molecular weight excluding hydrogens is 166 g/mol. The molecule has 0 aromatic rings. The molecule has 0 radical (unpaired) electrons. The smallest absolute Gasteiger partial charge is 0.245 e. The highest BCUT2D eigenvalue weighted by Crippen LogP contribution is 2.10.